The van der Waals surface area contributed by atoms with Crippen molar-refractivity contribution in [2.75, 3.05) is 0 Å². The van der Waals surface area contributed by atoms with E-state index in [1.165, 1.54) is 29.4 Å². The molecule has 0 bridgehead atoms. The minimum absolute atomic E-state index is 0.309. The lowest BCUT2D eigenvalue weighted by atomic mass is 10.2. The number of aryl methyl sites for hydroxylation is 2. The molecule has 5 nitrogen and oxygen atoms in total. The Hall–Kier alpha value is -1.99. The van der Waals surface area contributed by atoms with Gasteiger partial charge in [-0.05, 0) is 42.8 Å². The molecule has 3 rings (SSSR count). The summed E-state index contributed by atoms with van der Waals surface area (Å²) < 4.78 is 0. The normalized spacial score (nSPS) is 11.0. The summed E-state index contributed by atoms with van der Waals surface area (Å²) in [6.45, 7) is 3.77. The molecule has 0 spiro atoms. The largest absolute Gasteiger partial charge is 0.477 e. The average Bonchev–Trinajstić information content (AvgIpc) is 2.80. The molecule has 7 heteroatoms. The molecule has 21 heavy (non-hydrogen) atoms. The van der Waals surface area contributed by atoms with Gasteiger partial charge < -0.3 is 5.11 Å². The Labute approximate surface area is 129 Å². The summed E-state index contributed by atoms with van der Waals surface area (Å²) in [6, 6.07) is 3.91. The van der Waals surface area contributed by atoms with E-state index in [0.717, 1.165) is 21.0 Å². The van der Waals surface area contributed by atoms with Crippen LogP contribution in [0.3, 0.4) is 0 Å². The fourth-order valence-electron chi connectivity index (χ4n) is 1.93. The van der Waals surface area contributed by atoms with E-state index in [9.17, 15) is 9.90 Å². The molecule has 1 N–H and O–H groups in total. The molecular weight excluding hydrogens is 306 g/mol. The van der Waals surface area contributed by atoms with Gasteiger partial charge in [-0.1, -0.05) is 6.07 Å². The van der Waals surface area contributed by atoms with E-state index in [1.807, 2.05) is 19.1 Å². The summed E-state index contributed by atoms with van der Waals surface area (Å²) >= 11 is 2.59. The Kier molecular flexibility index (Phi) is 3.60. The maximum Gasteiger partial charge on any atom is 0.346 e. The van der Waals surface area contributed by atoms with Crippen LogP contribution in [0.25, 0.3) is 10.2 Å². The maximum atomic E-state index is 11.2. The van der Waals surface area contributed by atoms with E-state index < -0.39 is 5.97 Å². The lowest BCUT2D eigenvalue weighted by Gasteiger charge is -2.02. The quantitative estimate of drug-likeness (QED) is 0.744. The van der Waals surface area contributed by atoms with Crippen LogP contribution in [0.2, 0.25) is 0 Å². The summed E-state index contributed by atoms with van der Waals surface area (Å²) in [5.74, 6) is -0.931. The monoisotopic (exact) mass is 317 g/mol. The first-order valence-electron chi connectivity index (χ1n) is 6.14. The van der Waals surface area contributed by atoms with Gasteiger partial charge in [0.25, 0.3) is 0 Å². The Morgan fingerprint density at radius 3 is 2.71 bits per heavy atom. The van der Waals surface area contributed by atoms with Gasteiger partial charge >= 0.3 is 5.97 Å². The second-order valence-electron chi connectivity index (χ2n) is 4.50. The van der Waals surface area contributed by atoms with E-state index in [-0.39, 0.29) is 0 Å². The van der Waals surface area contributed by atoms with Crippen LogP contribution in [0.1, 0.15) is 20.8 Å². The third-order valence-corrected chi connectivity index (χ3v) is 5.11. The van der Waals surface area contributed by atoms with Gasteiger partial charge in [0.1, 0.15) is 26.1 Å². The number of aromatic nitrogens is 3. The Bertz CT molecular complexity index is 828. The Balaban J connectivity index is 2.10. The molecule has 3 aromatic rings. The highest BCUT2D eigenvalue weighted by atomic mass is 32.2. The van der Waals surface area contributed by atoms with Crippen LogP contribution in [0.4, 0.5) is 0 Å². The molecule has 0 fully saturated rings. The number of thiophene rings is 1. The number of rotatable bonds is 3. The zero-order valence-electron chi connectivity index (χ0n) is 11.3. The van der Waals surface area contributed by atoms with E-state index in [2.05, 4.69) is 15.0 Å². The number of carbonyl (C=O) groups is 1. The van der Waals surface area contributed by atoms with Gasteiger partial charge in [-0.25, -0.2) is 19.7 Å². The van der Waals surface area contributed by atoms with Gasteiger partial charge in [-0.3, -0.25) is 0 Å². The Morgan fingerprint density at radius 2 is 2.05 bits per heavy atom. The van der Waals surface area contributed by atoms with Crippen molar-refractivity contribution < 1.29 is 9.90 Å². The number of fused-ring (bicyclic) bond motifs is 1. The lowest BCUT2D eigenvalue weighted by molar-refractivity contribution is 0.0701. The van der Waals surface area contributed by atoms with Crippen LogP contribution in [0, 0.1) is 13.8 Å². The van der Waals surface area contributed by atoms with Crippen LogP contribution >= 0.6 is 23.1 Å². The van der Waals surface area contributed by atoms with Crippen LogP contribution < -0.4 is 0 Å². The van der Waals surface area contributed by atoms with Crippen molar-refractivity contribution >= 4 is 39.3 Å². The van der Waals surface area contributed by atoms with Gasteiger partial charge in [0, 0.05) is 11.6 Å². The minimum atomic E-state index is -0.931. The fourth-order valence-corrected chi connectivity index (χ4v) is 3.88. The standard InChI is InChI=1S/C14H11N3O2S2/c1-7-3-4-9(15-5-7)20-12-10-8(2)11(14(18)19)21-13(10)17-6-16-12/h3-6H,1-2H3,(H,18,19). The first-order valence-corrected chi connectivity index (χ1v) is 7.77. The van der Waals surface area contributed by atoms with Gasteiger partial charge in [0.05, 0.1) is 0 Å². The molecule has 3 heterocycles. The zero-order valence-corrected chi connectivity index (χ0v) is 13.0. The number of carboxylic acid groups (broad SMARTS) is 1. The predicted molar refractivity (Wildman–Crippen MR) is 82.2 cm³/mol. The molecule has 0 saturated heterocycles. The molecule has 0 aliphatic heterocycles. The molecule has 0 aliphatic rings. The highest BCUT2D eigenvalue weighted by Crippen LogP contribution is 2.37. The van der Waals surface area contributed by atoms with Crippen molar-refractivity contribution in [3.63, 3.8) is 0 Å². The molecule has 0 unspecified atom stereocenters. The molecule has 0 saturated carbocycles. The predicted octanol–water partition coefficient (Wildman–Crippen LogP) is 3.55. The van der Waals surface area contributed by atoms with Gasteiger partial charge in [-0.2, -0.15) is 0 Å². The van der Waals surface area contributed by atoms with Crippen LogP contribution in [0.5, 0.6) is 0 Å². The van der Waals surface area contributed by atoms with Crippen molar-refractivity contribution in [2.24, 2.45) is 0 Å². The molecule has 106 valence electrons. The number of hydrogen-bond donors (Lipinski definition) is 1. The first kappa shape index (κ1) is 14.0. The first-order chi connectivity index (χ1) is 10.1. The Morgan fingerprint density at radius 1 is 1.24 bits per heavy atom. The minimum Gasteiger partial charge on any atom is -0.477 e. The summed E-state index contributed by atoms with van der Waals surface area (Å²) in [6.07, 6.45) is 3.25. The molecule has 3 aromatic heterocycles. The third kappa shape index (κ3) is 2.62. The van der Waals surface area contributed by atoms with E-state index >= 15 is 0 Å². The fraction of sp³-hybridized carbons (Fsp3) is 0.143. The number of carboxylic acids is 1. The third-order valence-electron chi connectivity index (χ3n) is 2.97. The lowest BCUT2D eigenvalue weighted by Crippen LogP contribution is -1.94. The second-order valence-corrected chi connectivity index (χ2v) is 6.50. The SMILES string of the molecule is Cc1ccc(Sc2ncnc3sc(C(=O)O)c(C)c23)nc1. The summed E-state index contributed by atoms with van der Waals surface area (Å²) in [5.41, 5.74) is 1.80. The molecule has 0 radical (unpaired) electrons. The number of nitrogens with zero attached hydrogens (tertiary/aromatic N) is 3. The van der Waals surface area contributed by atoms with Crippen LogP contribution in [-0.2, 0) is 0 Å². The number of hydrogen-bond acceptors (Lipinski definition) is 6. The van der Waals surface area contributed by atoms with E-state index in [4.69, 9.17) is 0 Å². The zero-order chi connectivity index (χ0) is 15.0. The smallest absolute Gasteiger partial charge is 0.346 e. The second kappa shape index (κ2) is 5.42. The molecular formula is C14H11N3O2S2. The summed E-state index contributed by atoms with van der Waals surface area (Å²) in [4.78, 5) is 25.0. The molecule has 0 aromatic carbocycles. The topological polar surface area (TPSA) is 76.0 Å². The molecule has 0 atom stereocenters. The van der Waals surface area contributed by atoms with Crippen LogP contribution in [0.15, 0.2) is 34.7 Å². The summed E-state index contributed by atoms with van der Waals surface area (Å²) in [7, 11) is 0. The van der Waals surface area contributed by atoms with E-state index in [1.54, 1.807) is 13.1 Å². The van der Waals surface area contributed by atoms with Gasteiger partial charge in [0.15, 0.2) is 0 Å². The van der Waals surface area contributed by atoms with Gasteiger partial charge in [-0.15, -0.1) is 11.3 Å². The highest BCUT2D eigenvalue weighted by molar-refractivity contribution is 7.99. The number of pyridine rings is 1. The molecule has 0 amide bonds. The van der Waals surface area contributed by atoms with Gasteiger partial charge in [0.2, 0.25) is 0 Å². The van der Waals surface area contributed by atoms with Crippen molar-refractivity contribution in [1.29, 1.82) is 0 Å². The summed E-state index contributed by atoms with van der Waals surface area (Å²) in [5, 5.41) is 11.6. The van der Waals surface area contributed by atoms with Crippen molar-refractivity contribution in [3.8, 4) is 0 Å². The van der Waals surface area contributed by atoms with Crippen molar-refractivity contribution in [3.05, 3.63) is 40.7 Å². The maximum absolute atomic E-state index is 11.2. The number of aromatic carboxylic acids is 1. The highest BCUT2D eigenvalue weighted by Gasteiger charge is 2.19. The van der Waals surface area contributed by atoms with Crippen molar-refractivity contribution in [1.82, 2.24) is 15.0 Å². The van der Waals surface area contributed by atoms with Crippen LogP contribution in [-0.4, -0.2) is 26.0 Å². The van der Waals surface area contributed by atoms with E-state index in [0.29, 0.717) is 15.3 Å². The molecule has 0 aliphatic carbocycles. The van der Waals surface area contributed by atoms with Crippen molar-refractivity contribution in [2.45, 2.75) is 23.9 Å². The average molecular weight is 317 g/mol.